The fourth-order valence-electron chi connectivity index (χ4n) is 2.86. The number of benzene rings is 1. The Morgan fingerprint density at radius 3 is 2.31 bits per heavy atom. The number of urea groups is 1. The van der Waals surface area contributed by atoms with Crippen molar-refractivity contribution in [1.29, 1.82) is 0 Å². The van der Waals surface area contributed by atoms with E-state index in [0.29, 0.717) is 13.1 Å². The van der Waals surface area contributed by atoms with Gasteiger partial charge >= 0.3 is 6.03 Å². The summed E-state index contributed by atoms with van der Waals surface area (Å²) in [6.07, 6.45) is 1.69. The topological polar surface area (TPSA) is 82.6 Å². The van der Waals surface area contributed by atoms with E-state index >= 15 is 0 Å². The zero-order valence-corrected chi connectivity index (χ0v) is 15.4. The number of piperazine rings is 1. The van der Waals surface area contributed by atoms with Gasteiger partial charge in [0.25, 0.3) is 0 Å². The van der Waals surface area contributed by atoms with Gasteiger partial charge in [0, 0.05) is 32.4 Å². The van der Waals surface area contributed by atoms with Crippen LogP contribution in [0.15, 0.2) is 59.6 Å². The molecule has 0 radical (unpaired) electrons. The molecular weight excluding hydrogens is 352 g/mol. The van der Waals surface area contributed by atoms with Crippen LogP contribution in [0.1, 0.15) is 18.7 Å². The molecule has 0 saturated carbocycles. The quantitative estimate of drug-likeness (QED) is 0.885. The van der Waals surface area contributed by atoms with Crippen LogP contribution in [-0.2, 0) is 10.0 Å². The van der Waals surface area contributed by atoms with Crippen LogP contribution in [0.4, 0.5) is 4.79 Å². The Kier molecular flexibility index (Phi) is 5.53. The molecule has 1 unspecified atom stereocenters. The SMILES string of the molecule is CC(NC(=O)N1CCN(S(=O)(=O)c2ccccc2)CC1)c1ccccn1. The molecule has 1 fully saturated rings. The van der Waals surface area contributed by atoms with Crippen molar-refractivity contribution in [3.8, 4) is 0 Å². The Morgan fingerprint density at radius 2 is 1.69 bits per heavy atom. The number of amides is 2. The Balaban J connectivity index is 1.57. The van der Waals surface area contributed by atoms with E-state index < -0.39 is 10.0 Å². The third-order valence-corrected chi connectivity index (χ3v) is 6.29. The molecule has 26 heavy (non-hydrogen) atoms. The highest BCUT2D eigenvalue weighted by molar-refractivity contribution is 7.89. The van der Waals surface area contributed by atoms with Gasteiger partial charge in [0.1, 0.15) is 0 Å². The predicted molar refractivity (Wildman–Crippen MR) is 98.0 cm³/mol. The molecule has 2 amide bonds. The van der Waals surface area contributed by atoms with Crippen molar-refractivity contribution in [1.82, 2.24) is 19.5 Å². The van der Waals surface area contributed by atoms with Gasteiger partial charge in [-0.05, 0) is 31.2 Å². The lowest BCUT2D eigenvalue weighted by atomic mass is 10.2. The molecule has 1 N–H and O–H groups in total. The summed E-state index contributed by atoms with van der Waals surface area (Å²) >= 11 is 0. The van der Waals surface area contributed by atoms with E-state index in [4.69, 9.17) is 0 Å². The van der Waals surface area contributed by atoms with E-state index in [-0.39, 0.29) is 30.1 Å². The maximum Gasteiger partial charge on any atom is 0.318 e. The first-order chi connectivity index (χ1) is 12.5. The fraction of sp³-hybridized carbons (Fsp3) is 0.333. The smallest absolute Gasteiger partial charge is 0.318 e. The van der Waals surface area contributed by atoms with Crippen LogP contribution in [-0.4, -0.2) is 54.8 Å². The predicted octanol–water partition coefficient (Wildman–Crippen LogP) is 1.86. The number of pyridine rings is 1. The van der Waals surface area contributed by atoms with Crippen LogP contribution < -0.4 is 5.32 Å². The van der Waals surface area contributed by atoms with Gasteiger partial charge in [-0.2, -0.15) is 4.31 Å². The summed E-state index contributed by atoms with van der Waals surface area (Å²) in [6, 6.07) is 13.5. The lowest BCUT2D eigenvalue weighted by molar-refractivity contribution is 0.169. The summed E-state index contributed by atoms with van der Waals surface area (Å²) in [5.74, 6) is 0. The monoisotopic (exact) mass is 374 g/mol. The summed E-state index contributed by atoms with van der Waals surface area (Å²) in [4.78, 5) is 18.6. The number of nitrogens with zero attached hydrogens (tertiary/aromatic N) is 3. The Hall–Kier alpha value is -2.45. The molecule has 1 saturated heterocycles. The van der Waals surface area contributed by atoms with E-state index in [1.807, 2.05) is 25.1 Å². The third-order valence-electron chi connectivity index (χ3n) is 4.38. The minimum absolute atomic E-state index is 0.208. The summed E-state index contributed by atoms with van der Waals surface area (Å²) in [5.41, 5.74) is 0.783. The summed E-state index contributed by atoms with van der Waals surface area (Å²) in [5, 5.41) is 2.91. The first-order valence-electron chi connectivity index (χ1n) is 8.50. The van der Waals surface area contributed by atoms with Crippen molar-refractivity contribution < 1.29 is 13.2 Å². The molecule has 1 aromatic carbocycles. The Bertz CT molecular complexity index is 835. The molecule has 0 aliphatic carbocycles. The number of carbonyl (C=O) groups excluding carboxylic acids is 1. The number of sulfonamides is 1. The minimum atomic E-state index is -3.51. The van der Waals surface area contributed by atoms with Crippen molar-refractivity contribution >= 4 is 16.1 Å². The number of nitrogens with one attached hydrogen (secondary N) is 1. The normalized spacial score (nSPS) is 16.9. The molecule has 1 aliphatic heterocycles. The zero-order chi connectivity index (χ0) is 18.6. The van der Waals surface area contributed by atoms with Gasteiger partial charge in [0.2, 0.25) is 10.0 Å². The van der Waals surface area contributed by atoms with Crippen molar-refractivity contribution in [2.24, 2.45) is 0 Å². The van der Waals surface area contributed by atoms with Crippen LogP contribution in [0.3, 0.4) is 0 Å². The largest absolute Gasteiger partial charge is 0.330 e. The Morgan fingerprint density at radius 1 is 1.04 bits per heavy atom. The van der Waals surface area contributed by atoms with Gasteiger partial charge in [0.05, 0.1) is 16.6 Å². The molecule has 2 aromatic rings. The molecule has 2 heterocycles. The van der Waals surface area contributed by atoms with Crippen molar-refractivity contribution in [2.45, 2.75) is 17.9 Å². The van der Waals surface area contributed by atoms with E-state index in [1.165, 1.54) is 4.31 Å². The Labute approximate surface area is 153 Å². The van der Waals surface area contributed by atoms with Gasteiger partial charge in [0.15, 0.2) is 0 Å². The maximum atomic E-state index is 12.6. The average molecular weight is 374 g/mol. The lowest BCUT2D eigenvalue weighted by Crippen LogP contribution is -2.53. The molecule has 8 heteroatoms. The first-order valence-corrected chi connectivity index (χ1v) is 9.94. The van der Waals surface area contributed by atoms with Gasteiger partial charge in [-0.15, -0.1) is 0 Å². The first kappa shape index (κ1) is 18.3. The molecule has 1 aromatic heterocycles. The van der Waals surface area contributed by atoms with Crippen molar-refractivity contribution in [3.05, 3.63) is 60.4 Å². The molecular formula is C18H22N4O3S. The van der Waals surface area contributed by atoms with Crippen LogP contribution in [0.2, 0.25) is 0 Å². The second kappa shape index (κ2) is 7.84. The number of hydrogen-bond acceptors (Lipinski definition) is 4. The third kappa shape index (κ3) is 4.03. The van der Waals surface area contributed by atoms with E-state index in [0.717, 1.165) is 5.69 Å². The van der Waals surface area contributed by atoms with E-state index in [9.17, 15) is 13.2 Å². The van der Waals surface area contributed by atoms with Crippen LogP contribution >= 0.6 is 0 Å². The standard InChI is InChI=1S/C18H22N4O3S/c1-15(17-9-5-6-10-19-17)20-18(23)21-11-13-22(14-12-21)26(24,25)16-7-3-2-4-8-16/h2-10,15H,11-14H2,1H3,(H,20,23). The number of rotatable bonds is 4. The van der Waals surface area contributed by atoms with Crippen LogP contribution in [0, 0.1) is 0 Å². The number of carbonyl (C=O) groups is 1. The minimum Gasteiger partial charge on any atom is -0.330 e. The molecule has 0 spiro atoms. The van der Waals surface area contributed by atoms with Gasteiger partial charge < -0.3 is 10.2 Å². The van der Waals surface area contributed by atoms with Crippen molar-refractivity contribution in [2.75, 3.05) is 26.2 Å². The molecule has 1 aliphatic rings. The number of hydrogen-bond donors (Lipinski definition) is 1. The second-order valence-corrected chi connectivity index (χ2v) is 8.07. The highest BCUT2D eigenvalue weighted by atomic mass is 32.2. The van der Waals surface area contributed by atoms with Crippen LogP contribution in [0.25, 0.3) is 0 Å². The summed E-state index contributed by atoms with van der Waals surface area (Å²) in [6.45, 7) is 3.14. The summed E-state index contributed by atoms with van der Waals surface area (Å²) in [7, 11) is -3.51. The fourth-order valence-corrected chi connectivity index (χ4v) is 4.30. The highest BCUT2D eigenvalue weighted by Crippen LogP contribution is 2.17. The number of aromatic nitrogens is 1. The van der Waals surface area contributed by atoms with E-state index in [2.05, 4.69) is 10.3 Å². The van der Waals surface area contributed by atoms with Gasteiger partial charge in [-0.3, -0.25) is 4.98 Å². The van der Waals surface area contributed by atoms with Gasteiger partial charge in [-0.25, -0.2) is 13.2 Å². The zero-order valence-electron chi connectivity index (χ0n) is 14.6. The van der Waals surface area contributed by atoms with Crippen molar-refractivity contribution in [3.63, 3.8) is 0 Å². The molecule has 138 valence electrons. The molecule has 7 nitrogen and oxygen atoms in total. The second-order valence-electron chi connectivity index (χ2n) is 6.13. The molecule has 1 atom stereocenters. The van der Waals surface area contributed by atoms with Crippen LogP contribution in [0.5, 0.6) is 0 Å². The maximum absolute atomic E-state index is 12.6. The lowest BCUT2D eigenvalue weighted by Gasteiger charge is -2.34. The average Bonchev–Trinajstić information content (AvgIpc) is 2.69. The molecule has 3 rings (SSSR count). The van der Waals surface area contributed by atoms with Gasteiger partial charge in [-0.1, -0.05) is 24.3 Å². The molecule has 0 bridgehead atoms. The highest BCUT2D eigenvalue weighted by Gasteiger charge is 2.30. The summed E-state index contributed by atoms with van der Waals surface area (Å²) < 4.78 is 26.7. The van der Waals surface area contributed by atoms with E-state index in [1.54, 1.807) is 41.4 Å².